The van der Waals surface area contributed by atoms with Crippen LogP contribution in [0.3, 0.4) is 0 Å². The summed E-state index contributed by atoms with van der Waals surface area (Å²) in [6.45, 7) is 3.55. The Balaban J connectivity index is 2.06. The lowest BCUT2D eigenvalue weighted by Crippen LogP contribution is -2.28. The fourth-order valence-electron chi connectivity index (χ4n) is 2.98. The molecule has 0 unspecified atom stereocenters. The highest BCUT2D eigenvalue weighted by molar-refractivity contribution is 7.92. The Morgan fingerprint density at radius 2 is 1.79 bits per heavy atom. The number of rotatable bonds is 5. The minimum Gasteiger partial charge on any atom is -0.351 e. The van der Waals surface area contributed by atoms with E-state index in [9.17, 15) is 21.6 Å². The minimum absolute atomic E-state index is 0.0139. The van der Waals surface area contributed by atoms with Crippen LogP contribution in [-0.2, 0) is 22.6 Å². The van der Waals surface area contributed by atoms with E-state index in [1.54, 1.807) is 19.1 Å². The third kappa shape index (κ3) is 4.00. The van der Waals surface area contributed by atoms with Crippen molar-refractivity contribution in [2.24, 2.45) is 0 Å². The summed E-state index contributed by atoms with van der Waals surface area (Å²) in [5.41, 5.74) is 1.99. The molecule has 0 saturated carbocycles. The standard InChI is InChI=1S/C20H19F3N2O3S/c1-4-14-7-5-6-8-17(14)25(3)29(26,27)18-11-15(10-9-13(18)2)16-12-19(28-24-16)20(21,22)23/h5-12H,4H2,1-3H3. The SMILES string of the molecule is CCc1ccccc1N(C)S(=O)(=O)c1cc(-c2cc(C(F)(F)F)on2)ccc1C. The van der Waals surface area contributed by atoms with Crippen LogP contribution < -0.4 is 4.31 Å². The molecule has 0 atom stereocenters. The molecule has 0 aliphatic rings. The topological polar surface area (TPSA) is 63.4 Å². The molecule has 0 bridgehead atoms. The summed E-state index contributed by atoms with van der Waals surface area (Å²) < 4.78 is 70.4. The van der Waals surface area contributed by atoms with Crippen LogP contribution in [0.2, 0.25) is 0 Å². The molecule has 1 heterocycles. The van der Waals surface area contributed by atoms with Crippen LogP contribution >= 0.6 is 0 Å². The average Bonchev–Trinajstić information content (AvgIpc) is 3.18. The molecular weight excluding hydrogens is 405 g/mol. The van der Waals surface area contributed by atoms with Crippen LogP contribution in [0.15, 0.2) is 57.9 Å². The highest BCUT2D eigenvalue weighted by Gasteiger charge is 2.36. The van der Waals surface area contributed by atoms with Gasteiger partial charge in [-0.25, -0.2) is 8.42 Å². The van der Waals surface area contributed by atoms with Crippen LogP contribution in [0.4, 0.5) is 18.9 Å². The summed E-state index contributed by atoms with van der Waals surface area (Å²) in [6, 6.07) is 12.2. The first-order valence-electron chi connectivity index (χ1n) is 8.77. The number of anilines is 1. The first kappa shape index (κ1) is 20.9. The third-order valence-corrected chi connectivity index (χ3v) is 6.54. The average molecular weight is 424 g/mol. The fourth-order valence-corrected chi connectivity index (χ4v) is 4.46. The number of aryl methyl sites for hydroxylation is 2. The van der Waals surface area contributed by atoms with E-state index in [0.717, 1.165) is 11.6 Å². The van der Waals surface area contributed by atoms with Gasteiger partial charge in [-0.05, 0) is 36.6 Å². The first-order chi connectivity index (χ1) is 13.6. The van der Waals surface area contributed by atoms with Crippen LogP contribution in [0, 0.1) is 6.92 Å². The Bertz CT molecular complexity index is 1140. The fraction of sp³-hybridized carbons (Fsp3) is 0.250. The molecule has 0 radical (unpaired) electrons. The van der Waals surface area contributed by atoms with Gasteiger partial charge in [0.15, 0.2) is 0 Å². The number of hydrogen-bond donors (Lipinski definition) is 0. The molecule has 0 aliphatic heterocycles. The van der Waals surface area contributed by atoms with Crippen molar-refractivity contribution in [3.05, 3.63) is 65.4 Å². The van der Waals surface area contributed by atoms with Crippen LogP contribution in [-0.4, -0.2) is 20.6 Å². The molecule has 3 aromatic rings. The zero-order chi connectivity index (χ0) is 21.4. The normalized spacial score (nSPS) is 12.2. The molecule has 3 rings (SSSR count). The molecular formula is C20H19F3N2O3S. The number of para-hydroxylation sites is 1. The van der Waals surface area contributed by atoms with E-state index in [0.29, 0.717) is 17.7 Å². The van der Waals surface area contributed by atoms with Crippen molar-refractivity contribution < 1.29 is 26.1 Å². The molecule has 154 valence electrons. The summed E-state index contributed by atoms with van der Waals surface area (Å²) >= 11 is 0. The zero-order valence-electron chi connectivity index (χ0n) is 16.0. The maximum absolute atomic E-state index is 13.3. The second-order valence-corrected chi connectivity index (χ2v) is 8.45. The maximum atomic E-state index is 13.3. The molecule has 5 nitrogen and oxygen atoms in total. The Labute approximate surface area is 166 Å². The van der Waals surface area contributed by atoms with Crippen LogP contribution in [0.1, 0.15) is 23.8 Å². The largest absolute Gasteiger partial charge is 0.452 e. The van der Waals surface area contributed by atoms with Crippen LogP contribution in [0.5, 0.6) is 0 Å². The first-order valence-corrected chi connectivity index (χ1v) is 10.2. The maximum Gasteiger partial charge on any atom is 0.452 e. The molecule has 0 fully saturated rings. The molecule has 29 heavy (non-hydrogen) atoms. The Kier molecular flexibility index (Phi) is 5.44. The van der Waals surface area contributed by atoms with Gasteiger partial charge in [0.2, 0.25) is 5.76 Å². The highest BCUT2D eigenvalue weighted by atomic mass is 32.2. The van der Waals surface area contributed by atoms with Gasteiger partial charge in [0.25, 0.3) is 10.0 Å². The van der Waals surface area contributed by atoms with E-state index in [1.165, 1.54) is 29.6 Å². The van der Waals surface area contributed by atoms with Crippen molar-refractivity contribution in [1.82, 2.24) is 5.16 Å². The summed E-state index contributed by atoms with van der Waals surface area (Å²) in [5, 5.41) is 3.43. The van der Waals surface area contributed by atoms with E-state index in [1.807, 2.05) is 19.1 Å². The smallest absolute Gasteiger partial charge is 0.351 e. The van der Waals surface area contributed by atoms with Crippen molar-refractivity contribution >= 4 is 15.7 Å². The minimum atomic E-state index is -4.67. The summed E-state index contributed by atoms with van der Waals surface area (Å²) in [5.74, 6) is -1.24. The van der Waals surface area contributed by atoms with Crippen molar-refractivity contribution in [2.75, 3.05) is 11.4 Å². The summed E-state index contributed by atoms with van der Waals surface area (Å²) in [4.78, 5) is -0.0139. The molecule has 2 aromatic carbocycles. The van der Waals surface area contributed by atoms with E-state index >= 15 is 0 Å². The van der Waals surface area contributed by atoms with Gasteiger partial charge in [0, 0.05) is 18.7 Å². The van der Waals surface area contributed by atoms with E-state index < -0.39 is 22.0 Å². The number of halogens is 3. The van der Waals surface area contributed by atoms with Gasteiger partial charge in [-0.15, -0.1) is 0 Å². The van der Waals surface area contributed by atoms with E-state index in [2.05, 4.69) is 9.68 Å². The molecule has 0 aliphatic carbocycles. The van der Waals surface area contributed by atoms with Gasteiger partial charge in [0.1, 0.15) is 5.69 Å². The molecule has 1 aromatic heterocycles. The van der Waals surface area contributed by atoms with E-state index in [4.69, 9.17) is 0 Å². The van der Waals surface area contributed by atoms with Gasteiger partial charge in [0.05, 0.1) is 10.6 Å². The Hall–Kier alpha value is -2.81. The van der Waals surface area contributed by atoms with Crippen molar-refractivity contribution in [1.29, 1.82) is 0 Å². The molecule has 0 spiro atoms. The number of alkyl halides is 3. The van der Waals surface area contributed by atoms with Crippen molar-refractivity contribution in [3.8, 4) is 11.3 Å². The Morgan fingerprint density at radius 1 is 1.10 bits per heavy atom. The lowest BCUT2D eigenvalue weighted by Gasteiger charge is -2.23. The molecule has 0 saturated heterocycles. The van der Waals surface area contributed by atoms with Gasteiger partial charge < -0.3 is 4.52 Å². The number of sulfonamides is 1. The number of hydrogen-bond acceptors (Lipinski definition) is 4. The van der Waals surface area contributed by atoms with Gasteiger partial charge >= 0.3 is 6.18 Å². The quantitative estimate of drug-likeness (QED) is 0.575. The highest BCUT2D eigenvalue weighted by Crippen LogP contribution is 2.34. The zero-order valence-corrected chi connectivity index (χ0v) is 16.8. The predicted molar refractivity (Wildman–Crippen MR) is 103 cm³/mol. The van der Waals surface area contributed by atoms with Gasteiger partial charge in [-0.3, -0.25) is 4.31 Å². The lowest BCUT2D eigenvalue weighted by atomic mass is 10.1. The van der Waals surface area contributed by atoms with Gasteiger partial charge in [-0.1, -0.05) is 42.4 Å². The second kappa shape index (κ2) is 7.55. The number of aromatic nitrogens is 1. The van der Waals surface area contributed by atoms with Crippen molar-refractivity contribution in [3.63, 3.8) is 0 Å². The molecule has 0 amide bonds. The van der Waals surface area contributed by atoms with Crippen LogP contribution in [0.25, 0.3) is 11.3 Å². The lowest BCUT2D eigenvalue weighted by molar-refractivity contribution is -0.155. The summed E-state index contributed by atoms with van der Waals surface area (Å²) in [6.07, 6.45) is -4.02. The van der Waals surface area contributed by atoms with E-state index in [-0.39, 0.29) is 16.2 Å². The number of nitrogens with zero attached hydrogens (tertiary/aromatic N) is 2. The molecule has 0 N–H and O–H groups in total. The van der Waals surface area contributed by atoms with Gasteiger partial charge in [-0.2, -0.15) is 13.2 Å². The second-order valence-electron chi connectivity index (χ2n) is 6.51. The predicted octanol–water partition coefficient (Wildman–Crippen LogP) is 5.06. The third-order valence-electron chi connectivity index (χ3n) is 4.62. The molecule has 9 heteroatoms. The monoisotopic (exact) mass is 424 g/mol. The van der Waals surface area contributed by atoms with Crippen molar-refractivity contribution in [2.45, 2.75) is 31.3 Å². The number of benzene rings is 2. The Morgan fingerprint density at radius 3 is 2.41 bits per heavy atom. The summed E-state index contributed by atoms with van der Waals surface area (Å²) in [7, 11) is -2.50.